The minimum atomic E-state index is -1.55. The van der Waals surface area contributed by atoms with Crippen LogP contribution in [0.3, 0.4) is 0 Å². The van der Waals surface area contributed by atoms with Gasteiger partial charge >= 0.3 is 0 Å². The van der Waals surface area contributed by atoms with Crippen LogP contribution in [0, 0.1) is 0 Å². The molecule has 1 heterocycles. The van der Waals surface area contributed by atoms with E-state index in [9.17, 15) is 0 Å². The lowest BCUT2D eigenvalue weighted by molar-refractivity contribution is 0.0439. The van der Waals surface area contributed by atoms with Gasteiger partial charge in [-0.3, -0.25) is 0 Å². The maximum absolute atomic E-state index is 6.02. The summed E-state index contributed by atoms with van der Waals surface area (Å²) in [5.41, 5.74) is 0. The van der Waals surface area contributed by atoms with E-state index >= 15 is 0 Å². The van der Waals surface area contributed by atoms with Gasteiger partial charge in [0.2, 0.25) is 0 Å². The van der Waals surface area contributed by atoms with E-state index in [1.165, 1.54) is 0 Å². The van der Waals surface area contributed by atoms with E-state index in [0.29, 0.717) is 6.00 Å². The summed E-state index contributed by atoms with van der Waals surface area (Å²) in [4.78, 5) is 0. The maximum Gasteiger partial charge on any atom is 0.139 e. The van der Waals surface area contributed by atoms with Gasteiger partial charge in [0, 0.05) is 6.00 Å². The molecule has 1 rings (SSSR count). The third-order valence-corrected chi connectivity index (χ3v) is 5.62. The first-order valence-corrected chi connectivity index (χ1v) is 8.74. The average molecular weight is 234 g/mol. The molecule has 0 saturated carbocycles. The summed E-state index contributed by atoms with van der Waals surface area (Å²) in [7, 11) is 2.11. The maximum atomic E-state index is 6.02. The van der Waals surface area contributed by atoms with Gasteiger partial charge in [0.1, 0.15) is 7.85 Å². The molecule has 0 aromatic rings. The van der Waals surface area contributed by atoms with Gasteiger partial charge in [-0.1, -0.05) is 25.7 Å². The second kappa shape index (κ2) is 5.11. The van der Waals surface area contributed by atoms with E-state index in [4.69, 9.17) is 21.1 Å². The van der Waals surface area contributed by atoms with Crippen molar-refractivity contribution in [2.24, 2.45) is 0 Å². The minimum Gasteiger partial charge on any atom is -0.381 e. The van der Waals surface area contributed by atoms with Crippen molar-refractivity contribution in [1.29, 1.82) is 0 Å². The summed E-state index contributed by atoms with van der Waals surface area (Å²) >= 11 is 5.45. The highest BCUT2D eigenvalue weighted by Gasteiger charge is 2.34. The fraction of sp³-hybridized carbons (Fsp3) is 1.00. The molecule has 5 heteroatoms. The van der Waals surface area contributed by atoms with E-state index in [-0.39, 0.29) is 12.2 Å². The number of hydrogen-bond acceptors (Lipinski definition) is 3. The molecule has 1 saturated heterocycles. The monoisotopic (exact) mass is 234 g/mol. The Morgan fingerprint density at radius 2 is 2.21 bits per heavy atom. The first-order valence-electron chi connectivity index (χ1n) is 5.39. The predicted molar refractivity (Wildman–Crippen MR) is 67.7 cm³/mol. The Kier molecular flexibility index (Phi) is 4.64. The molecule has 0 spiro atoms. The number of ether oxygens (including phenoxy) is 1. The Bertz CT molecular complexity index is 237. The molecule has 2 nitrogen and oxygen atoms in total. The zero-order chi connectivity index (χ0) is 10.8. The fourth-order valence-corrected chi connectivity index (χ4v) is 3.03. The highest BCUT2D eigenvalue weighted by Crippen LogP contribution is 2.46. The van der Waals surface area contributed by atoms with Gasteiger partial charge in [0.25, 0.3) is 0 Å². The smallest absolute Gasteiger partial charge is 0.139 e. The van der Waals surface area contributed by atoms with Crippen LogP contribution in [0.4, 0.5) is 0 Å². The first kappa shape index (κ1) is 12.7. The molecule has 1 aliphatic rings. The lowest BCUT2D eigenvalue weighted by Crippen LogP contribution is -2.22. The summed E-state index contributed by atoms with van der Waals surface area (Å²) in [6.07, 6.45) is 1.96. The summed E-state index contributed by atoms with van der Waals surface area (Å²) in [5.74, 6) is 0. The Hall–Kier alpha value is 0.635. The van der Waals surface area contributed by atoms with Crippen molar-refractivity contribution < 1.29 is 9.26 Å². The van der Waals surface area contributed by atoms with Gasteiger partial charge in [-0.25, -0.2) is 0 Å². The average Bonchev–Trinajstić information content (AvgIpc) is 2.45. The first-order chi connectivity index (χ1) is 6.48. The van der Waals surface area contributed by atoms with Crippen LogP contribution >= 0.6 is 6.26 Å². The Morgan fingerprint density at radius 3 is 2.71 bits per heavy atom. The van der Waals surface area contributed by atoms with E-state index in [1.807, 2.05) is 0 Å². The lowest BCUT2D eigenvalue weighted by Gasteiger charge is -2.24. The molecule has 0 bridgehead atoms. The third-order valence-electron chi connectivity index (χ3n) is 2.72. The van der Waals surface area contributed by atoms with Crippen LogP contribution in [0.15, 0.2) is 0 Å². The van der Waals surface area contributed by atoms with Crippen molar-refractivity contribution in [3.63, 3.8) is 0 Å². The van der Waals surface area contributed by atoms with Crippen LogP contribution < -0.4 is 0 Å². The highest BCUT2D eigenvalue weighted by atomic mass is 32.4. The van der Waals surface area contributed by atoms with E-state index in [2.05, 4.69) is 28.4 Å². The molecule has 0 N–H and O–H groups in total. The van der Waals surface area contributed by atoms with Crippen LogP contribution in [-0.4, -0.2) is 38.9 Å². The second-order valence-electron chi connectivity index (χ2n) is 4.10. The van der Waals surface area contributed by atoms with Crippen molar-refractivity contribution >= 4 is 25.9 Å². The summed E-state index contributed by atoms with van der Waals surface area (Å²) in [6, 6.07) is 0.330. The van der Waals surface area contributed by atoms with E-state index < -0.39 is 6.26 Å². The van der Waals surface area contributed by atoms with Crippen LogP contribution in [-0.2, 0) is 21.1 Å². The number of rotatable bonds is 4. The minimum absolute atomic E-state index is 0.241. The van der Waals surface area contributed by atoms with E-state index in [0.717, 1.165) is 19.0 Å². The molecule has 0 amide bonds. The Labute approximate surface area is 93.2 Å². The van der Waals surface area contributed by atoms with Gasteiger partial charge in [-0.15, -0.1) is 0 Å². The normalized spacial score (nSPS) is 36.9. The van der Waals surface area contributed by atoms with Crippen LogP contribution in [0.2, 0.25) is 0 Å². The fourth-order valence-electron chi connectivity index (χ4n) is 1.75. The van der Waals surface area contributed by atoms with Crippen LogP contribution in [0.25, 0.3) is 0 Å². The predicted octanol–water partition coefficient (Wildman–Crippen LogP) is 1.57. The summed E-state index contributed by atoms with van der Waals surface area (Å²) < 4.78 is 11.8. The molecule has 0 aliphatic carbocycles. The molecule has 1 aliphatic heterocycles. The molecule has 14 heavy (non-hydrogen) atoms. The SMILES string of the molecule is BC1CC(OP(C)(=S)CC)C(CC)O1. The molecule has 82 valence electrons. The summed E-state index contributed by atoms with van der Waals surface area (Å²) in [5, 5.41) is 0. The zero-order valence-electron chi connectivity index (χ0n) is 9.53. The molecule has 0 aromatic heterocycles. The molecular formula is C9H20BO2PS. The van der Waals surface area contributed by atoms with Crippen molar-refractivity contribution in [3.8, 4) is 0 Å². The van der Waals surface area contributed by atoms with Crippen molar-refractivity contribution in [1.82, 2.24) is 0 Å². The molecule has 0 radical (unpaired) electrons. The van der Waals surface area contributed by atoms with Crippen LogP contribution in [0.1, 0.15) is 26.7 Å². The molecule has 4 atom stereocenters. The standard InChI is InChI=1S/C9H20BO2PS/c1-4-7-8(6-9(10)11-7)12-13(3,14)5-2/h7-9H,4-6,10H2,1-3H3. The number of hydrogen-bond donors (Lipinski definition) is 0. The zero-order valence-corrected chi connectivity index (χ0v) is 11.2. The van der Waals surface area contributed by atoms with Gasteiger partial charge in [0.05, 0.1) is 18.5 Å². The van der Waals surface area contributed by atoms with Gasteiger partial charge in [-0.05, 0) is 25.7 Å². The van der Waals surface area contributed by atoms with Crippen LogP contribution in [0.5, 0.6) is 0 Å². The van der Waals surface area contributed by atoms with Gasteiger partial charge in [-0.2, -0.15) is 0 Å². The molecule has 0 aromatic carbocycles. The quantitative estimate of drug-likeness (QED) is 0.543. The second-order valence-corrected chi connectivity index (χ2v) is 9.29. The largest absolute Gasteiger partial charge is 0.381 e. The summed E-state index contributed by atoms with van der Waals surface area (Å²) in [6.45, 7) is 6.34. The highest BCUT2D eigenvalue weighted by molar-refractivity contribution is 8.11. The Morgan fingerprint density at radius 1 is 1.57 bits per heavy atom. The third kappa shape index (κ3) is 3.34. The lowest BCUT2D eigenvalue weighted by atomic mass is 9.96. The molecule has 4 unspecified atom stereocenters. The topological polar surface area (TPSA) is 18.5 Å². The van der Waals surface area contributed by atoms with Crippen molar-refractivity contribution in [2.45, 2.75) is 44.9 Å². The van der Waals surface area contributed by atoms with Gasteiger partial charge < -0.3 is 9.26 Å². The Balaban J connectivity index is 2.55. The van der Waals surface area contributed by atoms with Crippen molar-refractivity contribution in [2.75, 3.05) is 12.8 Å². The van der Waals surface area contributed by atoms with E-state index in [1.54, 1.807) is 0 Å². The van der Waals surface area contributed by atoms with Gasteiger partial charge in [0.15, 0.2) is 0 Å². The molecular weight excluding hydrogens is 214 g/mol. The van der Waals surface area contributed by atoms with Crippen molar-refractivity contribution in [3.05, 3.63) is 0 Å². The molecule has 1 fully saturated rings.